The number of nitrogens with zero attached hydrogens (tertiary/aromatic N) is 4. The van der Waals surface area contributed by atoms with Crippen molar-refractivity contribution in [2.45, 2.75) is 52.4 Å². The molecular weight excluding hydrogens is 529 g/mol. The van der Waals surface area contributed by atoms with Crippen molar-refractivity contribution in [3.8, 4) is 43.7 Å². The molecule has 1 aromatic carbocycles. The fourth-order valence-corrected chi connectivity index (χ4v) is 6.90. The van der Waals surface area contributed by atoms with Gasteiger partial charge in [-0.25, -0.2) is 9.97 Å². The van der Waals surface area contributed by atoms with Crippen molar-refractivity contribution in [2.75, 3.05) is 0 Å². The zero-order valence-corrected chi connectivity index (χ0v) is 24.6. The molecule has 0 aliphatic carbocycles. The van der Waals surface area contributed by atoms with E-state index in [2.05, 4.69) is 58.8 Å². The minimum absolute atomic E-state index is 0.753. The first-order chi connectivity index (χ1) is 19.7. The van der Waals surface area contributed by atoms with Gasteiger partial charge in [-0.1, -0.05) is 51.0 Å². The fraction of sp³-hybridized carbons (Fsp3) is 0.235. The minimum atomic E-state index is 0.753. The number of unbranched alkanes of at least 4 members (excludes halogenated alkanes) is 2. The van der Waals surface area contributed by atoms with Gasteiger partial charge in [-0.3, -0.25) is 9.97 Å². The number of aryl methyl sites for hydroxylation is 2. The molecule has 0 radical (unpaired) electrons. The molecule has 6 aromatic rings. The highest BCUT2D eigenvalue weighted by molar-refractivity contribution is 7.14. The molecular formula is C34H32N4S2. The summed E-state index contributed by atoms with van der Waals surface area (Å²) in [6.07, 6.45) is 10.6. The average Bonchev–Trinajstić information content (AvgIpc) is 3.69. The van der Waals surface area contributed by atoms with Crippen LogP contribution in [0.15, 0.2) is 83.8 Å². The Morgan fingerprint density at radius 2 is 1.07 bits per heavy atom. The van der Waals surface area contributed by atoms with Gasteiger partial charge in [0.1, 0.15) is 11.4 Å². The summed E-state index contributed by atoms with van der Waals surface area (Å²) >= 11 is 3.58. The van der Waals surface area contributed by atoms with Gasteiger partial charge in [0.25, 0.3) is 0 Å². The van der Waals surface area contributed by atoms with Crippen LogP contribution in [0.3, 0.4) is 0 Å². The lowest BCUT2D eigenvalue weighted by Gasteiger charge is -2.14. The third-order valence-corrected chi connectivity index (χ3v) is 9.14. The lowest BCUT2D eigenvalue weighted by Crippen LogP contribution is -2.00. The van der Waals surface area contributed by atoms with Crippen LogP contribution >= 0.6 is 22.7 Å². The highest BCUT2D eigenvalue weighted by atomic mass is 32.1. The number of rotatable bonds is 10. The van der Waals surface area contributed by atoms with Crippen LogP contribution < -0.4 is 0 Å². The SMILES string of the molecule is CCCCc1csc(-c2ccc(-c3cc(CCCC)cs3)c3nc(-c4ccccn4)c(-c4ccccn4)nc23)c1. The molecule has 6 rings (SSSR count). The first kappa shape index (κ1) is 26.5. The van der Waals surface area contributed by atoms with E-state index in [1.54, 1.807) is 22.7 Å². The van der Waals surface area contributed by atoms with Crippen LogP contribution in [0.25, 0.3) is 54.7 Å². The van der Waals surface area contributed by atoms with Crippen LogP contribution in [-0.4, -0.2) is 19.9 Å². The van der Waals surface area contributed by atoms with Gasteiger partial charge in [0.2, 0.25) is 0 Å². The second-order valence-electron chi connectivity index (χ2n) is 10.1. The molecule has 0 unspecified atom stereocenters. The molecule has 6 heteroatoms. The summed E-state index contributed by atoms with van der Waals surface area (Å²) in [5.74, 6) is 0. The van der Waals surface area contributed by atoms with Crippen molar-refractivity contribution in [3.05, 3.63) is 94.9 Å². The predicted octanol–water partition coefficient (Wildman–Crippen LogP) is 9.90. The third-order valence-electron chi connectivity index (χ3n) is 7.11. The quantitative estimate of drug-likeness (QED) is 0.167. The van der Waals surface area contributed by atoms with E-state index in [1.165, 1.54) is 46.6 Å². The molecule has 4 nitrogen and oxygen atoms in total. The minimum Gasteiger partial charge on any atom is -0.255 e. The van der Waals surface area contributed by atoms with E-state index in [9.17, 15) is 0 Å². The number of pyridine rings is 2. The van der Waals surface area contributed by atoms with E-state index < -0.39 is 0 Å². The molecule has 0 amide bonds. The lowest BCUT2D eigenvalue weighted by atomic mass is 10.0. The van der Waals surface area contributed by atoms with Gasteiger partial charge in [0.15, 0.2) is 0 Å². The number of benzene rings is 1. The number of thiophene rings is 2. The number of fused-ring (bicyclic) bond motifs is 1. The molecule has 5 aromatic heterocycles. The van der Waals surface area contributed by atoms with Crippen molar-refractivity contribution in [2.24, 2.45) is 0 Å². The molecule has 0 N–H and O–H groups in total. The molecule has 40 heavy (non-hydrogen) atoms. The van der Waals surface area contributed by atoms with Crippen LogP contribution in [0.1, 0.15) is 50.7 Å². The van der Waals surface area contributed by atoms with E-state index in [1.807, 2.05) is 48.8 Å². The Kier molecular flexibility index (Phi) is 8.07. The van der Waals surface area contributed by atoms with Crippen LogP contribution in [0, 0.1) is 0 Å². The van der Waals surface area contributed by atoms with E-state index in [0.717, 1.165) is 57.8 Å². The summed E-state index contributed by atoms with van der Waals surface area (Å²) in [7, 11) is 0. The summed E-state index contributed by atoms with van der Waals surface area (Å²) in [6.45, 7) is 4.48. The molecule has 200 valence electrons. The van der Waals surface area contributed by atoms with Crippen molar-refractivity contribution in [1.29, 1.82) is 0 Å². The van der Waals surface area contributed by atoms with Crippen molar-refractivity contribution in [1.82, 2.24) is 19.9 Å². The third kappa shape index (κ3) is 5.47. The van der Waals surface area contributed by atoms with Crippen LogP contribution in [0.4, 0.5) is 0 Å². The van der Waals surface area contributed by atoms with Crippen molar-refractivity contribution in [3.63, 3.8) is 0 Å². The Balaban J connectivity index is 1.60. The topological polar surface area (TPSA) is 51.6 Å². The number of aromatic nitrogens is 4. The summed E-state index contributed by atoms with van der Waals surface area (Å²) in [5, 5.41) is 4.58. The fourth-order valence-electron chi connectivity index (χ4n) is 4.95. The van der Waals surface area contributed by atoms with Crippen molar-refractivity contribution < 1.29 is 0 Å². The van der Waals surface area contributed by atoms with Gasteiger partial charge < -0.3 is 0 Å². The zero-order chi connectivity index (χ0) is 27.3. The van der Waals surface area contributed by atoms with Gasteiger partial charge in [-0.2, -0.15) is 0 Å². The summed E-state index contributed by atoms with van der Waals surface area (Å²) in [6, 6.07) is 21.0. The van der Waals surface area contributed by atoms with Gasteiger partial charge in [0, 0.05) is 33.3 Å². The van der Waals surface area contributed by atoms with E-state index in [-0.39, 0.29) is 0 Å². The van der Waals surface area contributed by atoms with E-state index in [4.69, 9.17) is 9.97 Å². The van der Waals surface area contributed by atoms with Gasteiger partial charge in [0.05, 0.1) is 22.4 Å². The van der Waals surface area contributed by atoms with Crippen molar-refractivity contribution >= 4 is 33.7 Å². The van der Waals surface area contributed by atoms with Crippen LogP contribution in [0.5, 0.6) is 0 Å². The molecule has 0 fully saturated rings. The Morgan fingerprint density at radius 3 is 1.48 bits per heavy atom. The second-order valence-corrected chi connectivity index (χ2v) is 11.9. The second kappa shape index (κ2) is 12.2. The number of hydrogen-bond acceptors (Lipinski definition) is 6. The smallest absolute Gasteiger partial charge is 0.117 e. The first-order valence-corrected chi connectivity index (χ1v) is 15.8. The zero-order valence-electron chi connectivity index (χ0n) is 22.9. The molecule has 0 bridgehead atoms. The predicted molar refractivity (Wildman–Crippen MR) is 170 cm³/mol. The Labute approximate surface area is 243 Å². The maximum absolute atomic E-state index is 5.36. The number of hydrogen-bond donors (Lipinski definition) is 0. The normalized spacial score (nSPS) is 11.3. The average molecular weight is 561 g/mol. The highest BCUT2D eigenvalue weighted by Crippen LogP contribution is 2.41. The Hall–Kier alpha value is -3.74. The molecule has 0 saturated carbocycles. The molecule has 0 aliphatic heterocycles. The largest absolute Gasteiger partial charge is 0.255 e. The lowest BCUT2D eigenvalue weighted by molar-refractivity contribution is 0.797. The van der Waals surface area contributed by atoms with Gasteiger partial charge >= 0.3 is 0 Å². The summed E-state index contributed by atoms with van der Waals surface area (Å²) in [5.41, 5.74) is 9.92. The van der Waals surface area contributed by atoms with Crippen LogP contribution in [-0.2, 0) is 12.8 Å². The van der Waals surface area contributed by atoms with E-state index in [0.29, 0.717) is 0 Å². The van der Waals surface area contributed by atoms with Gasteiger partial charge in [-0.05, 0) is 84.0 Å². The maximum atomic E-state index is 5.36. The van der Waals surface area contributed by atoms with E-state index >= 15 is 0 Å². The summed E-state index contributed by atoms with van der Waals surface area (Å²) in [4.78, 5) is 22.5. The molecule has 0 saturated heterocycles. The van der Waals surface area contributed by atoms with Crippen LogP contribution in [0.2, 0.25) is 0 Å². The monoisotopic (exact) mass is 560 g/mol. The molecule has 0 spiro atoms. The van der Waals surface area contributed by atoms with Gasteiger partial charge in [-0.15, -0.1) is 22.7 Å². The molecule has 0 atom stereocenters. The molecule has 0 aliphatic rings. The Morgan fingerprint density at radius 1 is 0.600 bits per heavy atom. The summed E-state index contributed by atoms with van der Waals surface area (Å²) < 4.78 is 0. The standard InChI is InChI=1S/C34H32N4S2/c1-3-5-11-23-19-29(39-21-23)25-15-16-26(30-20-24(22-40-30)12-6-4-2)32-31(25)37-33(27-13-7-9-17-35-27)34(38-32)28-14-8-10-18-36-28/h7-10,13-22H,3-6,11-12H2,1-2H3. The maximum Gasteiger partial charge on any atom is 0.117 e. The highest BCUT2D eigenvalue weighted by Gasteiger charge is 2.21. The first-order valence-electron chi connectivity index (χ1n) is 14.1. The Bertz CT molecular complexity index is 1590. The molecule has 5 heterocycles.